The van der Waals surface area contributed by atoms with Crippen LogP contribution in [-0.2, 0) is 6.42 Å². The highest BCUT2D eigenvalue weighted by Crippen LogP contribution is 2.23. The first-order chi connectivity index (χ1) is 9.19. The molecule has 1 aliphatic rings. The Labute approximate surface area is 115 Å². The summed E-state index contributed by atoms with van der Waals surface area (Å²) in [7, 11) is 0. The molecule has 0 aromatic heterocycles. The van der Waals surface area contributed by atoms with Crippen LogP contribution >= 0.6 is 0 Å². The molecule has 3 nitrogen and oxygen atoms in total. The topological polar surface area (TPSA) is 55.1 Å². The average Bonchev–Trinajstić information content (AvgIpc) is 2.42. The van der Waals surface area contributed by atoms with E-state index in [1.807, 2.05) is 24.3 Å². The summed E-state index contributed by atoms with van der Waals surface area (Å²) in [5.41, 5.74) is 7.45. The standard InChI is InChI=1S/C16H24N2O/c1-12-2-8-15(9-3-12)18-16(19)14-6-4-13(5-7-14)10-11-17/h4-7,12,15H,2-3,8-11,17H2,1H3,(H,18,19). The SMILES string of the molecule is CC1CCC(NC(=O)c2ccc(CCN)cc2)CC1. The zero-order valence-electron chi connectivity index (χ0n) is 11.7. The Morgan fingerprint density at radius 3 is 2.42 bits per heavy atom. The van der Waals surface area contributed by atoms with Gasteiger partial charge in [0.15, 0.2) is 0 Å². The smallest absolute Gasteiger partial charge is 0.251 e. The predicted octanol–water partition coefficient (Wildman–Crippen LogP) is 2.50. The third kappa shape index (κ3) is 4.06. The van der Waals surface area contributed by atoms with Gasteiger partial charge >= 0.3 is 0 Å². The molecule has 0 unspecified atom stereocenters. The molecular weight excluding hydrogens is 236 g/mol. The fourth-order valence-electron chi connectivity index (χ4n) is 2.66. The fourth-order valence-corrected chi connectivity index (χ4v) is 2.66. The number of nitrogens with two attached hydrogens (primary N) is 1. The summed E-state index contributed by atoms with van der Waals surface area (Å²) in [6.45, 7) is 2.93. The number of hydrogen-bond acceptors (Lipinski definition) is 2. The normalized spacial score (nSPS) is 23.1. The van der Waals surface area contributed by atoms with Crippen LogP contribution in [0.15, 0.2) is 24.3 Å². The maximum Gasteiger partial charge on any atom is 0.251 e. The summed E-state index contributed by atoms with van der Waals surface area (Å²) < 4.78 is 0. The fraction of sp³-hybridized carbons (Fsp3) is 0.562. The van der Waals surface area contributed by atoms with Crippen LogP contribution in [0.1, 0.15) is 48.5 Å². The van der Waals surface area contributed by atoms with Crippen molar-refractivity contribution < 1.29 is 4.79 Å². The molecule has 0 heterocycles. The molecule has 104 valence electrons. The van der Waals surface area contributed by atoms with Crippen LogP contribution in [0.25, 0.3) is 0 Å². The van der Waals surface area contributed by atoms with E-state index >= 15 is 0 Å². The Bertz CT molecular complexity index is 405. The minimum Gasteiger partial charge on any atom is -0.349 e. The predicted molar refractivity (Wildman–Crippen MR) is 78.1 cm³/mol. The molecule has 1 amide bonds. The Morgan fingerprint density at radius 1 is 1.21 bits per heavy atom. The van der Waals surface area contributed by atoms with Crippen LogP contribution in [0.3, 0.4) is 0 Å². The van der Waals surface area contributed by atoms with Crippen molar-refractivity contribution in [2.75, 3.05) is 6.54 Å². The third-order valence-electron chi connectivity index (χ3n) is 4.00. The van der Waals surface area contributed by atoms with Gasteiger partial charge in [0.05, 0.1) is 0 Å². The largest absolute Gasteiger partial charge is 0.349 e. The van der Waals surface area contributed by atoms with E-state index in [2.05, 4.69) is 12.2 Å². The maximum atomic E-state index is 12.1. The lowest BCUT2D eigenvalue weighted by atomic mass is 9.87. The quantitative estimate of drug-likeness (QED) is 0.874. The first-order valence-electron chi connectivity index (χ1n) is 7.29. The van der Waals surface area contributed by atoms with Gasteiger partial charge in [-0.3, -0.25) is 4.79 Å². The summed E-state index contributed by atoms with van der Waals surface area (Å²) in [6.07, 6.45) is 5.53. The van der Waals surface area contributed by atoms with E-state index in [-0.39, 0.29) is 5.91 Å². The number of amides is 1. The van der Waals surface area contributed by atoms with Gasteiger partial charge in [-0.25, -0.2) is 0 Å². The molecule has 0 spiro atoms. The van der Waals surface area contributed by atoms with Gasteiger partial charge in [-0.05, 0) is 62.3 Å². The molecule has 3 heteroatoms. The molecule has 1 fully saturated rings. The molecular formula is C16H24N2O. The molecule has 1 aromatic rings. The lowest BCUT2D eigenvalue weighted by molar-refractivity contribution is 0.0923. The molecule has 1 saturated carbocycles. The van der Waals surface area contributed by atoms with Crippen LogP contribution in [-0.4, -0.2) is 18.5 Å². The Morgan fingerprint density at radius 2 is 1.84 bits per heavy atom. The number of hydrogen-bond donors (Lipinski definition) is 2. The van der Waals surface area contributed by atoms with Crippen LogP contribution in [0.4, 0.5) is 0 Å². The molecule has 0 saturated heterocycles. The highest BCUT2D eigenvalue weighted by atomic mass is 16.1. The zero-order chi connectivity index (χ0) is 13.7. The molecule has 19 heavy (non-hydrogen) atoms. The van der Waals surface area contributed by atoms with E-state index in [0.717, 1.165) is 30.7 Å². The molecule has 3 N–H and O–H groups in total. The van der Waals surface area contributed by atoms with E-state index in [0.29, 0.717) is 12.6 Å². The highest BCUT2D eigenvalue weighted by molar-refractivity contribution is 5.94. The lowest BCUT2D eigenvalue weighted by Gasteiger charge is -2.26. The number of carbonyl (C=O) groups excluding carboxylic acids is 1. The first-order valence-corrected chi connectivity index (χ1v) is 7.29. The van der Waals surface area contributed by atoms with E-state index in [4.69, 9.17) is 5.73 Å². The Hall–Kier alpha value is -1.35. The van der Waals surface area contributed by atoms with Crippen molar-refractivity contribution in [3.05, 3.63) is 35.4 Å². The van der Waals surface area contributed by atoms with E-state index in [1.54, 1.807) is 0 Å². The highest BCUT2D eigenvalue weighted by Gasteiger charge is 2.20. The van der Waals surface area contributed by atoms with Crippen LogP contribution in [0.2, 0.25) is 0 Å². The van der Waals surface area contributed by atoms with Gasteiger partial charge in [-0.15, -0.1) is 0 Å². The molecule has 1 aliphatic carbocycles. The van der Waals surface area contributed by atoms with Crippen LogP contribution in [0.5, 0.6) is 0 Å². The third-order valence-corrected chi connectivity index (χ3v) is 4.00. The van der Waals surface area contributed by atoms with E-state index < -0.39 is 0 Å². The van der Waals surface area contributed by atoms with Crippen molar-refractivity contribution in [3.8, 4) is 0 Å². The van der Waals surface area contributed by atoms with Crippen molar-refractivity contribution >= 4 is 5.91 Å². The summed E-state index contributed by atoms with van der Waals surface area (Å²) in [5, 5.41) is 3.14. The number of rotatable bonds is 4. The molecule has 2 rings (SSSR count). The molecule has 0 atom stereocenters. The van der Waals surface area contributed by atoms with Crippen molar-refractivity contribution in [2.24, 2.45) is 11.7 Å². The van der Waals surface area contributed by atoms with Crippen molar-refractivity contribution in [1.82, 2.24) is 5.32 Å². The molecule has 1 aromatic carbocycles. The van der Waals surface area contributed by atoms with Crippen molar-refractivity contribution in [3.63, 3.8) is 0 Å². The minimum atomic E-state index is 0.0545. The number of carbonyl (C=O) groups is 1. The molecule has 0 aliphatic heterocycles. The second kappa shape index (κ2) is 6.71. The molecule has 0 radical (unpaired) electrons. The van der Waals surface area contributed by atoms with Gasteiger partial charge in [-0.2, -0.15) is 0 Å². The van der Waals surface area contributed by atoms with Gasteiger partial charge in [0, 0.05) is 11.6 Å². The zero-order valence-corrected chi connectivity index (χ0v) is 11.7. The number of nitrogens with one attached hydrogen (secondary N) is 1. The van der Waals surface area contributed by atoms with Gasteiger partial charge < -0.3 is 11.1 Å². The van der Waals surface area contributed by atoms with Crippen molar-refractivity contribution in [2.45, 2.75) is 45.1 Å². The van der Waals surface area contributed by atoms with Gasteiger partial charge in [0.2, 0.25) is 0 Å². The van der Waals surface area contributed by atoms with Crippen LogP contribution < -0.4 is 11.1 Å². The Balaban J connectivity index is 1.88. The average molecular weight is 260 g/mol. The summed E-state index contributed by atoms with van der Waals surface area (Å²) in [6, 6.07) is 8.12. The molecule has 0 bridgehead atoms. The van der Waals surface area contributed by atoms with Crippen molar-refractivity contribution in [1.29, 1.82) is 0 Å². The second-order valence-electron chi connectivity index (χ2n) is 5.67. The van der Waals surface area contributed by atoms with Crippen LogP contribution in [0, 0.1) is 5.92 Å². The van der Waals surface area contributed by atoms with Gasteiger partial charge in [0.25, 0.3) is 5.91 Å². The Kier molecular flexibility index (Phi) is 4.97. The second-order valence-corrected chi connectivity index (χ2v) is 5.67. The lowest BCUT2D eigenvalue weighted by Crippen LogP contribution is -2.37. The van der Waals surface area contributed by atoms with E-state index in [9.17, 15) is 4.79 Å². The first kappa shape index (κ1) is 14.1. The number of benzene rings is 1. The minimum absolute atomic E-state index is 0.0545. The van der Waals surface area contributed by atoms with Gasteiger partial charge in [-0.1, -0.05) is 19.1 Å². The van der Waals surface area contributed by atoms with E-state index in [1.165, 1.54) is 18.4 Å². The summed E-state index contributed by atoms with van der Waals surface area (Å²) >= 11 is 0. The summed E-state index contributed by atoms with van der Waals surface area (Å²) in [5.74, 6) is 0.863. The maximum absolute atomic E-state index is 12.1. The van der Waals surface area contributed by atoms with Gasteiger partial charge in [0.1, 0.15) is 0 Å². The monoisotopic (exact) mass is 260 g/mol. The summed E-state index contributed by atoms with van der Waals surface area (Å²) in [4.78, 5) is 12.1.